The van der Waals surface area contributed by atoms with Gasteiger partial charge in [0.25, 0.3) is 0 Å². The van der Waals surface area contributed by atoms with Gasteiger partial charge >= 0.3 is 0 Å². The van der Waals surface area contributed by atoms with Crippen LogP contribution in [0.15, 0.2) is 42.5 Å². The molecule has 0 radical (unpaired) electrons. The van der Waals surface area contributed by atoms with Crippen LogP contribution >= 0.6 is 23.2 Å². The molecule has 0 spiro atoms. The van der Waals surface area contributed by atoms with Crippen molar-refractivity contribution in [1.82, 2.24) is 0 Å². The van der Waals surface area contributed by atoms with Gasteiger partial charge in [-0.15, -0.1) is 0 Å². The predicted molar refractivity (Wildman–Crippen MR) is 101 cm³/mol. The van der Waals surface area contributed by atoms with Crippen LogP contribution in [0.3, 0.4) is 0 Å². The lowest BCUT2D eigenvalue weighted by Gasteiger charge is -2.16. The van der Waals surface area contributed by atoms with E-state index in [1.54, 1.807) is 18.2 Å². The SMILES string of the molecule is Clc1ccc(OCCNc2ccccc2OCC2CCCO2)c(Cl)c1. The summed E-state index contributed by atoms with van der Waals surface area (Å²) in [5.74, 6) is 1.44. The highest BCUT2D eigenvalue weighted by Gasteiger charge is 2.16. The highest BCUT2D eigenvalue weighted by Crippen LogP contribution is 2.28. The van der Waals surface area contributed by atoms with Crippen LogP contribution in [-0.2, 0) is 4.74 Å². The number of ether oxygens (including phenoxy) is 3. The molecule has 1 N–H and O–H groups in total. The van der Waals surface area contributed by atoms with Gasteiger partial charge in [0, 0.05) is 18.2 Å². The number of nitrogens with one attached hydrogen (secondary N) is 1. The number of anilines is 1. The molecule has 1 unspecified atom stereocenters. The van der Waals surface area contributed by atoms with Gasteiger partial charge in [-0.05, 0) is 43.2 Å². The van der Waals surface area contributed by atoms with Crippen LogP contribution in [0.25, 0.3) is 0 Å². The zero-order chi connectivity index (χ0) is 17.5. The predicted octanol–water partition coefficient (Wildman–Crippen LogP) is 5.04. The summed E-state index contributed by atoms with van der Waals surface area (Å²) in [5.41, 5.74) is 0.936. The summed E-state index contributed by atoms with van der Waals surface area (Å²) < 4.78 is 17.2. The third-order valence-corrected chi connectivity index (χ3v) is 4.44. The molecule has 1 saturated heterocycles. The molecule has 134 valence electrons. The molecule has 0 aliphatic carbocycles. The molecule has 25 heavy (non-hydrogen) atoms. The molecule has 0 amide bonds. The van der Waals surface area contributed by atoms with E-state index in [-0.39, 0.29) is 6.10 Å². The minimum atomic E-state index is 0.198. The van der Waals surface area contributed by atoms with Crippen molar-refractivity contribution >= 4 is 28.9 Å². The number of rotatable bonds is 8. The van der Waals surface area contributed by atoms with E-state index in [9.17, 15) is 0 Å². The third kappa shape index (κ3) is 5.43. The van der Waals surface area contributed by atoms with Crippen LogP contribution in [-0.4, -0.2) is 32.5 Å². The smallest absolute Gasteiger partial charge is 0.142 e. The quantitative estimate of drug-likeness (QED) is 0.650. The van der Waals surface area contributed by atoms with Crippen molar-refractivity contribution in [2.24, 2.45) is 0 Å². The maximum atomic E-state index is 6.09. The number of halogens is 2. The minimum Gasteiger partial charge on any atom is -0.490 e. The lowest BCUT2D eigenvalue weighted by Crippen LogP contribution is -2.17. The molecular formula is C19H21Cl2NO3. The molecule has 2 aromatic carbocycles. The van der Waals surface area contributed by atoms with E-state index in [0.29, 0.717) is 35.6 Å². The Morgan fingerprint density at radius 3 is 2.76 bits per heavy atom. The summed E-state index contributed by atoms with van der Waals surface area (Å²) >= 11 is 12.0. The topological polar surface area (TPSA) is 39.7 Å². The average molecular weight is 382 g/mol. The van der Waals surface area contributed by atoms with Crippen LogP contribution in [0.2, 0.25) is 10.0 Å². The van der Waals surface area contributed by atoms with Crippen molar-refractivity contribution in [2.75, 3.05) is 31.7 Å². The van der Waals surface area contributed by atoms with Crippen LogP contribution < -0.4 is 14.8 Å². The van der Waals surface area contributed by atoms with E-state index in [4.69, 9.17) is 37.4 Å². The van der Waals surface area contributed by atoms with E-state index in [2.05, 4.69) is 5.32 Å². The summed E-state index contributed by atoms with van der Waals surface area (Å²) in [5, 5.41) is 4.43. The van der Waals surface area contributed by atoms with E-state index in [1.165, 1.54) is 0 Å². The summed E-state index contributed by atoms with van der Waals surface area (Å²) in [4.78, 5) is 0. The first-order valence-corrected chi connectivity index (χ1v) is 9.13. The Bertz CT molecular complexity index is 690. The molecule has 6 heteroatoms. The first-order valence-electron chi connectivity index (χ1n) is 8.37. The van der Waals surface area contributed by atoms with E-state index in [0.717, 1.165) is 30.9 Å². The fourth-order valence-electron chi connectivity index (χ4n) is 2.64. The zero-order valence-corrected chi connectivity index (χ0v) is 15.4. The van der Waals surface area contributed by atoms with Crippen LogP contribution in [0.1, 0.15) is 12.8 Å². The first-order chi connectivity index (χ1) is 12.2. The molecule has 1 aliphatic rings. The van der Waals surface area contributed by atoms with Crippen molar-refractivity contribution in [3.63, 3.8) is 0 Å². The van der Waals surface area contributed by atoms with Crippen molar-refractivity contribution in [2.45, 2.75) is 18.9 Å². The van der Waals surface area contributed by atoms with Crippen molar-refractivity contribution in [3.05, 3.63) is 52.5 Å². The number of para-hydroxylation sites is 2. The monoisotopic (exact) mass is 381 g/mol. The second-order valence-corrected chi connectivity index (χ2v) is 6.64. The van der Waals surface area contributed by atoms with Gasteiger partial charge in [0.2, 0.25) is 0 Å². The molecule has 2 aromatic rings. The largest absolute Gasteiger partial charge is 0.490 e. The van der Waals surface area contributed by atoms with Gasteiger partial charge in [-0.2, -0.15) is 0 Å². The van der Waals surface area contributed by atoms with Gasteiger partial charge in [-0.3, -0.25) is 0 Å². The van der Waals surface area contributed by atoms with E-state index < -0.39 is 0 Å². The lowest BCUT2D eigenvalue weighted by molar-refractivity contribution is 0.0682. The summed E-state index contributed by atoms with van der Waals surface area (Å²) in [6.45, 7) is 2.51. The average Bonchev–Trinajstić information content (AvgIpc) is 3.13. The molecule has 4 nitrogen and oxygen atoms in total. The zero-order valence-electron chi connectivity index (χ0n) is 13.8. The fourth-order valence-corrected chi connectivity index (χ4v) is 3.10. The number of benzene rings is 2. The molecule has 1 heterocycles. The van der Waals surface area contributed by atoms with Crippen LogP contribution in [0.4, 0.5) is 5.69 Å². The van der Waals surface area contributed by atoms with Crippen LogP contribution in [0, 0.1) is 0 Å². The Balaban J connectivity index is 1.47. The minimum absolute atomic E-state index is 0.198. The Kier molecular flexibility index (Phi) is 6.68. The maximum absolute atomic E-state index is 6.09. The van der Waals surface area contributed by atoms with Crippen molar-refractivity contribution in [1.29, 1.82) is 0 Å². The molecular weight excluding hydrogens is 361 g/mol. The van der Waals surface area contributed by atoms with Gasteiger partial charge in [0.1, 0.15) is 24.7 Å². The third-order valence-electron chi connectivity index (χ3n) is 3.90. The van der Waals surface area contributed by atoms with Gasteiger partial charge in [-0.1, -0.05) is 35.3 Å². The summed E-state index contributed by atoms with van der Waals surface area (Å²) in [6.07, 6.45) is 2.37. The summed E-state index contributed by atoms with van der Waals surface area (Å²) in [7, 11) is 0. The van der Waals surface area contributed by atoms with Crippen LogP contribution in [0.5, 0.6) is 11.5 Å². The second kappa shape index (κ2) is 9.18. The standard InChI is InChI=1S/C19H21Cl2NO3/c20-14-7-8-18(16(21)12-14)24-11-9-22-17-5-1-2-6-19(17)25-13-15-4-3-10-23-15/h1-2,5-8,12,15,22H,3-4,9-11,13H2. The normalized spacial score (nSPS) is 16.6. The molecule has 3 rings (SSSR count). The van der Waals surface area contributed by atoms with Crippen molar-refractivity contribution < 1.29 is 14.2 Å². The van der Waals surface area contributed by atoms with Gasteiger partial charge in [0.05, 0.1) is 16.8 Å². The van der Waals surface area contributed by atoms with E-state index in [1.807, 2.05) is 24.3 Å². The molecule has 0 bridgehead atoms. The highest BCUT2D eigenvalue weighted by molar-refractivity contribution is 6.35. The molecule has 0 aromatic heterocycles. The fraction of sp³-hybridized carbons (Fsp3) is 0.368. The Morgan fingerprint density at radius 2 is 1.96 bits per heavy atom. The Labute approximate surface area is 158 Å². The first kappa shape index (κ1) is 18.2. The maximum Gasteiger partial charge on any atom is 0.142 e. The number of hydrogen-bond acceptors (Lipinski definition) is 4. The summed E-state index contributed by atoms with van der Waals surface area (Å²) in [6, 6.07) is 13.1. The van der Waals surface area contributed by atoms with Gasteiger partial charge in [0.15, 0.2) is 0 Å². The highest BCUT2D eigenvalue weighted by atomic mass is 35.5. The second-order valence-electron chi connectivity index (χ2n) is 5.79. The molecule has 1 fully saturated rings. The van der Waals surface area contributed by atoms with E-state index >= 15 is 0 Å². The van der Waals surface area contributed by atoms with Gasteiger partial charge in [-0.25, -0.2) is 0 Å². The Hall–Kier alpha value is -1.62. The lowest BCUT2D eigenvalue weighted by atomic mass is 10.2. The molecule has 1 aliphatic heterocycles. The van der Waals surface area contributed by atoms with Gasteiger partial charge < -0.3 is 19.5 Å². The molecule has 1 atom stereocenters. The Morgan fingerprint density at radius 1 is 1.08 bits per heavy atom. The number of hydrogen-bond donors (Lipinski definition) is 1. The molecule has 0 saturated carbocycles. The van der Waals surface area contributed by atoms with Crippen molar-refractivity contribution in [3.8, 4) is 11.5 Å².